The standard InChI is InChI=1S/C18H24N4O2S/c1-4-14-19-18-22(20-14)17(23)16(25-18)15(13-6-5-7-24-13)21-9-11(2)8-12(3)10-21/h5-7,11-12,15,23H,4,8-10H2,1-3H3/t11-,12-,15+/m1/s1. The van der Waals surface area contributed by atoms with Gasteiger partial charge in [0.1, 0.15) is 11.8 Å². The topological polar surface area (TPSA) is 66.8 Å². The summed E-state index contributed by atoms with van der Waals surface area (Å²) in [7, 11) is 0. The van der Waals surface area contributed by atoms with Crippen LogP contribution in [0.5, 0.6) is 5.88 Å². The molecule has 0 unspecified atom stereocenters. The highest BCUT2D eigenvalue weighted by atomic mass is 32.1. The van der Waals surface area contributed by atoms with Crippen molar-refractivity contribution in [3.05, 3.63) is 34.9 Å². The van der Waals surface area contributed by atoms with Crippen molar-refractivity contribution in [1.82, 2.24) is 19.5 Å². The molecule has 4 heterocycles. The average molecular weight is 360 g/mol. The fourth-order valence-corrected chi connectivity index (χ4v) is 5.08. The second kappa shape index (κ2) is 6.46. The van der Waals surface area contributed by atoms with Crippen LogP contribution in [0.3, 0.4) is 0 Å². The van der Waals surface area contributed by atoms with Gasteiger partial charge in [0.25, 0.3) is 0 Å². The molecule has 0 spiro atoms. The summed E-state index contributed by atoms with van der Waals surface area (Å²) < 4.78 is 7.31. The van der Waals surface area contributed by atoms with Gasteiger partial charge in [-0.05, 0) is 30.4 Å². The Hall–Kier alpha value is -1.86. The summed E-state index contributed by atoms with van der Waals surface area (Å²) in [5.41, 5.74) is 0. The summed E-state index contributed by atoms with van der Waals surface area (Å²) in [6.45, 7) is 8.57. The van der Waals surface area contributed by atoms with Crippen LogP contribution in [0.4, 0.5) is 0 Å². The van der Waals surface area contributed by atoms with E-state index in [4.69, 9.17) is 4.42 Å². The Morgan fingerprint density at radius 1 is 1.36 bits per heavy atom. The van der Waals surface area contributed by atoms with Crippen molar-refractivity contribution in [1.29, 1.82) is 0 Å². The Bertz CT molecular complexity index is 844. The quantitative estimate of drug-likeness (QED) is 0.768. The molecule has 6 nitrogen and oxygen atoms in total. The molecule has 3 aromatic heterocycles. The summed E-state index contributed by atoms with van der Waals surface area (Å²) in [5.74, 6) is 3.04. The molecule has 7 heteroatoms. The Labute approximate surface area is 151 Å². The average Bonchev–Trinajstić information content (AvgIpc) is 3.27. The SMILES string of the molecule is CCc1nc2sc([C@H](c3ccco3)N3C[C@H](C)C[C@@H](C)C3)c(O)n2n1. The van der Waals surface area contributed by atoms with Crippen LogP contribution >= 0.6 is 11.3 Å². The molecule has 0 bridgehead atoms. The molecular formula is C18H24N4O2S. The number of piperidine rings is 1. The van der Waals surface area contributed by atoms with E-state index < -0.39 is 0 Å². The van der Waals surface area contributed by atoms with Gasteiger partial charge in [-0.25, -0.2) is 4.98 Å². The first-order chi connectivity index (χ1) is 12.1. The van der Waals surface area contributed by atoms with Crippen LogP contribution in [0, 0.1) is 11.8 Å². The third-order valence-corrected chi connectivity index (χ3v) is 5.96. The maximum absolute atomic E-state index is 10.8. The number of hydrogen-bond donors (Lipinski definition) is 1. The highest BCUT2D eigenvalue weighted by Crippen LogP contribution is 2.42. The van der Waals surface area contributed by atoms with Crippen molar-refractivity contribution in [2.45, 2.75) is 39.7 Å². The number of hydrogen-bond acceptors (Lipinski definition) is 6. The van der Waals surface area contributed by atoms with Gasteiger partial charge < -0.3 is 9.52 Å². The lowest BCUT2D eigenvalue weighted by Crippen LogP contribution is -2.41. The minimum Gasteiger partial charge on any atom is -0.492 e. The van der Waals surface area contributed by atoms with Gasteiger partial charge in [-0.15, -0.1) is 5.10 Å². The molecular weight excluding hydrogens is 336 g/mol. The summed E-state index contributed by atoms with van der Waals surface area (Å²) in [6.07, 6.45) is 3.69. The number of nitrogens with zero attached hydrogens (tertiary/aromatic N) is 4. The molecule has 0 amide bonds. The van der Waals surface area contributed by atoms with Crippen LogP contribution in [0.1, 0.15) is 49.7 Å². The first kappa shape index (κ1) is 16.6. The van der Waals surface area contributed by atoms with Crippen molar-refractivity contribution >= 4 is 16.3 Å². The van der Waals surface area contributed by atoms with E-state index in [1.165, 1.54) is 17.8 Å². The van der Waals surface area contributed by atoms with Crippen LogP contribution in [0.25, 0.3) is 4.96 Å². The second-order valence-electron chi connectivity index (χ2n) is 7.18. The number of aryl methyl sites for hydroxylation is 1. The number of furan rings is 1. The predicted octanol–water partition coefficient (Wildman–Crippen LogP) is 3.72. The molecule has 1 fully saturated rings. The number of rotatable bonds is 4. The molecule has 4 rings (SSSR count). The zero-order chi connectivity index (χ0) is 17.6. The molecule has 1 aliphatic heterocycles. The number of aromatic nitrogens is 3. The van der Waals surface area contributed by atoms with Gasteiger partial charge in [-0.3, -0.25) is 4.90 Å². The van der Waals surface area contributed by atoms with Crippen LogP contribution in [-0.2, 0) is 6.42 Å². The van der Waals surface area contributed by atoms with E-state index in [-0.39, 0.29) is 11.9 Å². The van der Waals surface area contributed by atoms with E-state index >= 15 is 0 Å². The van der Waals surface area contributed by atoms with Crippen molar-refractivity contribution in [2.24, 2.45) is 11.8 Å². The van der Waals surface area contributed by atoms with Crippen LogP contribution in [-0.4, -0.2) is 37.7 Å². The van der Waals surface area contributed by atoms with Crippen molar-refractivity contribution < 1.29 is 9.52 Å². The van der Waals surface area contributed by atoms with Gasteiger partial charge in [0.15, 0.2) is 5.82 Å². The van der Waals surface area contributed by atoms with Crippen molar-refractivity contribution in [3.63, 3.8) is 0 Å². The zero-order valence-corrected chi connectivity index (χ0v) is 15.7. The molecule has 0 aliphatic carbocycles. The minimum atomic E-state index is -0.0984. The lowest BCUT2D eigenvalue weighted by Gasteiger charge is -2.38. The van der Waals surface area contributed by atoms with Gasteiger partial charge >= 0.3 is 0 Å². The first-order valence-electron chi connectivity index (χ1n) is 8.91. The number of fused-ring (bicyclic) bond motifs is 1. The van der Waals surface area contributed by atoms with Crippen LogP contribution < -0.4 is 0 Å². The van der Waals surface area contributed by atoms with Crippen molar-refractivity contribution in [2.75, 3.05) is 13.1 Å². The van der Waals surface area contributed by atoms with E-state index in [9.17, 15) is 5.11 Å². The highest BCUT2D eigenvalue weighted by Gasteiger charge is 2.35. The summed E-state index contributed by atoms with van der Waals surface area (Å²) in [5, 5.41) is 15.2. The monoisotopic (exact) mass is 360 g/mol. The van der Waals surface area contributed by atoms with Crippen LogP contribution in [0.15, 0.2) is 22.8 Å². The van der Waals surface area contributed by atoms with Crippen molar-refractivity contribution in [3.8, 4) is 5.88 Å². The van der Waals surface area contributed by atoms with E-state index in [0.29, 0.717) is 11.8 Å². The number of likely N-dealkylation sites (tertiary alicyclic amines) is 1. The van der Waals surface area contributed by atoms with E-state index in [2.05, 4.69) is 28.8 Å². The Morgan fingerprint density at radius 2 is 2.12 bits per heavy atom. The lowest BCUT2D eigenvalue weighted by molar-refractivity contribution is 0.102. The molecule has 3 aromatic rings. The molecule has 1 N–H and O–H groups in total. The Morgan fingerprint density at radius 3 is 2.72 bits per heavy atom. The molecule has 0 aromatic carbocycles. The van der Waals surface area contributed by atoms with Gasteiger partial charge in [0, 0.05) is 19.5 Å². The van der Waals surface area contributed by atoms with Gasteiger partial charge in [-0.2, -0.15) is 4.52 Å². The summed E-state index contributed by atoms with van der Waals surface area (Å²) >= 11 is 1.50. The van der Waals surface area contributed by atoms with Gasteiger partial charge in [0.05, 0.1) is 11.1 Å². The normalized spacial score (nSPS) is 23.3. The third kappa shape index (κ3) is 2.95. The summed E-state index contributed by atoms with van der Waals surface area (Å²) in [6, 6.07) is 3.79. The maximum Gasteiger partial charge on any atom is 0.230 e. The lowest BCUT2D eigenvalue weighted by atomic mass is 9.90. The van der Waals surface area contributed by atoms with Crippen LogP contribution in [0.2, 0.25) is 0 Å². The smallest absolute Gasteiger partial charge is 0.230 e. The van der Waals surface area contributed by atoms with E-state index in [0.717, 1.165) is 40.9 Å². The molecule has 134 valence electrons. The van der Waals surface area contributed by atoms with Gasteiger partial charge in [0.2, 0.25) is 10.8 Å². The first-order valence-corrected chi connectivity index (χ1v) is 9.73. The highest BCUT2D eigenvalue weighted by molar-refractivity contribution is 7.17. The second-order valence-corrected chi connectivity index (χ2v) is 8.19. The fraction of sp³-hybridized carbons (Fsp3) is 0.556. The zero-order valence-electron chi connectivity index (χ0n) is 14.8. The molecule has 1 saturated heterocycles. The minimum absolute atomic E-state index is 0.0984. The Kier molecular flexibility index (Phi) is 4.29. The van der Waals surface area contributed by atoms with E-state index in [1.807, 2.05) is 19.1 Å². The molecule has 0 saturated carbocycles. The molecule has 1 aliphatic rings. The fourth-order valence-electron chi connectivity index (χ4n) is 3.96. The third-order valence-electron chi connectivity index (χ3n) is 4.88. The largest absolute Gasteiger partial charge is 0.492 e. The van der Waals surface area contributed by atoms with E-state index in [1.54, 1.807) is 10.8 Å². The summed E-state index contributed by atoms with van der Waals surface area (Å²) in [4.78, 5) is 8.52. The molecule has 3 atom stereocenters. The molecule has 0 radical (unpaired) electrons. The number of thiazole rings is 1. The van der Waals surface area contributed by atoms with Gasteiger partial charge in [-0.1, -0.05) is 32.1 Å². The number of aromatic hydroxyl groups is 1. The molecule has 25 heavy (non-hydrogen) atoms. The predicted molar refractivity (Wildman–Crippen MR) is 97.0 cm³/mol. The Balaban J connectivity index is 1.78. The maximum atomic E-state index is 10.8.